The number of hydrogen-bond donors (Lipinski definition) is 2. The first-order valence-corrected chi connectivity index (χ1v) is 13.1. The lowest BCUT2D eigenvalue weighted by molar-refractivity contribution is -0.127. The van der Waals surface area contributed by atoms with Crippen molar-refractivity contribution in [2.24, 2.45) is 0 Å². The normalized spacial score (nSPS) is 11.9. The first-order valence-electron chi connectivity index (χ1n) is 12.2. The van der Waals surface area contributed by atoms with Crippen LogP contribution in [0.15, 0.2) is 60.0 Å². The van der Waals surface area contributed by atoms with E-state index in [0.29, 0.717) is 28.3 Å². The Hall–Kier alpha value is -3.65. The summed E-state index contributed by atoms with van der Waals surface area (Å²) in [4.78, 5) is 42.3. The molecule has 0 spiro atoms. The Balaban J connectivity index is 2.10. The zero-order chi connectivity index (χ0) is 27.2. The van der Waals surface area contributed by atoms with Gasteiger partial charge in [0.1, 0.15) is 11.8 Å². The van der Waals surface area contributed by atoms with Gasteiger partial charge in [0, 0.05) is 11.2 Å². The van der Waals surface area contributed by atoms with E-state index in [1.165, 1.54) is 16.2 Å². The number of carbonyl (C=O) groups excluding carboxylic acids is 3. The summed E-state index contributed by atoms with van der Waals surface area (Å²) in [6, 6.07) is 15.4. The van der Waals surface area contributed by atoms with Gasteiger partial charge < -0.3 is 15.4 Å². The quantitative estimate of drug-likeness (QED) is 0.385. The highest BCUT2D eigenvalue weighted by molar-refractivity contribution is 7.12. The third-order valence-electron chi connectivity index (χ3n) is 6.16. The molecule has 1 atom stereocenters. The van der Waals surface area contributed by atoms with E-state index >= 15 is 0 Å². The van der Waals surface area contributed by atoms with Gasteiger partial charge in [-0.15, -0.1) is 11.3 Å². The fourth-order valence-corrected chi connectivity index (χ4v) is 4.62. The van der Waals surface area contributed by atoms with Crippen molar-refractivity contribution < 1.29 is 19.1 Å². The van der Waals surface area contributed by atoms with Crippen LogP contribution in [0.5, 0.6) is 5.75 Å². The van der Waals surface area contributed by atoms with Crippen LogP contribution in [0, 0.1) is 13.8 Å². The first-order chi connectivity index (χ1) is 17.5. The predicted octanol–water partition coefficient (Wildman–Crippen LogP) is 5.18. The zero-order valence-electron chi connectivity index (χ0n) is 22.3. The maximum Gasteiger partial charge on any atom is 0.261 e. The number of nitrogens with one attached hydrogen (secondary N) is 2. The molecular weight excluding hydrogens is 486 g/mol. The van der Waals surface area contributed by atoms with Crippen LogP contribution in [0.4, 0.5) is 5.69 Å². The monoisotopic (exact) mass is 521 g/mol. The van der Waals surface area contributed by atoms with Gasteiger partial charge in [-0.25, -0.2) is 0 Å². The van der Waals surface area contributed by atoms with E-state index in [4.69, 9.17) is 4.74 Å². The van der Waals surface area contributed by atoms with Crippen LogP contribution in [0.2, 0.25) is 0 Å². The van der Waals surface area contributed by atoms with Gasteiger partial charge in [-0.3, -0.25) is 19.3 Å². The lowest BCUT2D eigenvalue weighted by atomic mass is 9.97. The average Bonchev–Trinajstić information content (AvgIpc) is 3.40. The largest absolute Gasteiger partial charge is 0.497 e. The van der Waals surface area contributed by atoms with Crippen LogP contribution in [-0.2, 0) is 9.59 Å². The van der Waals surface area contributed by atoms with Gasteiger partial charge >= 0.3 is 0 Å². The first kappa shape index (κ1) is 27.9. The van der Waals surface area contributed by atoms with E-state index < -0.39 is 17.5 Å². The second-order valence-electron chi connectivity index (χ2n) is 9.68. The van der Waals surface area contributed by atoms with E-state index in [0.717, 1.165) is 11.1 Å². The average molecular weight is 522 g/mol. The molecule has 0 aliphatic rings. The Morgan fingerprint density at radius 3 is 2.32 bits per heavy atom. The third kappa shape index (κ3) is 7.20. The molecule has 0 saturated carbocycles. The Morgan fingerprint density at radius 1 is 1.03 bits per heavy atom. The van der Waals surface area contributed by atoms with Gasteiger partial charge in [-0.2, -0.15) is 0 Å². The van der Waals surface area contributed by atoms with Crippen molar-refractivity contribution >= 4 is 34.7 Å². The molecular formula is C29H35N3O4S. The van der Waals surface area contributed by atoms with Gasteiger partial charge in [0.15, 0.2) is 0 Å². The Labute approximate surface area is 222 Å². The van der Waals surface area contributed by atoms with Crippen molar-refractivity contribution in [3.8, 4) is 5.75 Å². The molecule has 0 radical (unpaired) electrons. The molecule has 1 heterocycles. The van der Waals surface area contributed by atoms with E-state index in [2.05, 4.69) is 10.6 Å². The van der Waals surface area contributed by atoms with Crippen LogP contribution in [-0.4, -0.2) is 36.9 Å². The van der Waals surface area contributed by atoms with Crippen LogP contribution < -0.4 is 20.3 Å². The fraction of sp³-hybridized carbons (Fsp3) is 0.345. The van der Waals surface area contributed by atoms with Crippen molar-refractivity contribution in [2.75, 3.05) is 18.6 Å². The summed E-state index contributed by atoms with van der Waals surface area (Å²) in [6.07, 6.45) is 0.706. The van der Waals surface area contributed by atoms with Crippen molar-refractivity contribution in [1.29, 1.82) is 0 Å². The van der Waals surface area contributed by atoms with E-state index in [9.17, 15) is 14.4 Å². The molecule has 3 amide bonds. The summed E-state index contributed by atoms with van der Waals surface area (Å²) in [5, 5.41) is 7.62. The number of aryl methyl sites for hydroxylation is 2. The molecule has 196 valence electrons. The highest BCUT2D eigenvalue weighted by atomic mass is 32.1. The summed E-state index contributed by atoms with van der Waals surface area (Å²) < 4.78 is 5.42. The molecule has 1 aromatic heterocycles. The number of benzene rings is 2. The Kier molecular flexibility index (Phi) is 9.10. The van der Waals surface area contributed by atoms with Crippen LogP contribution in [0.1, 0.15) is 59.6 Å². The lowest BCUT2D eigenvalue weighted by Crippen LogP contribution is -2.52. The van der Waals surface area contributed by atoms with Crippen molar-refractivity contribution in [3.63, 3.8) is 0 Å². The fourth-order valence-electron chi connectivity index (χ4n) is 3.98. The number of hydrogen-bond acceptors (Lipinski definition) is 5. The zero-order valence-corrected chi connectivity index (χ0v) is 23.1. The third-order valence-corrected chi connectivity index (χ3v) is 7.03. The van der Waals surface area contributed by atoms with Gasteiger partial charge in [0.25, 0.3) is 5.91 Å². The molecule has 0 saturated heterocycles. The van der Waals surface area contributed by atoms with Gasteiger partial charge in [-0.1, -0.05) is 31.2 Å². The van der Waals surface area contributed by atoms with Crippen molar-refractivity contribution in [3.05, 3.63) is 81.5 Å². The minimum atomic E-state index is -0.992. The van der Waals surface area contributed by atoms with Crippen LogP contribution >= 0.6 is 11.3 Å². The molecule has 3 rings (SSSR count). The van der Waals surface area contributed by atoms with Gasteiger partial charge in [0.2, 0.25) is 11.8 Å². The lowest BCUT2D eigenvalue weighted by Gasteiger charge is -2.35. The molecule has 2 N–H and O–H groups in total. The van der Waals surface area contributed by atoms with Gasteiger partial charge in [-0.05, 0) is 86.5 Å². The number of rotatable bonds is 10. The number of ether oxygens (including phenoxy) is 1. The highest BCUT2D eigenvalue weighted by Crippen LogP contribution is 2.32. The van der Waals surface area contributed by atoms with E-state index in [1.807, 2.05) is 52.8 Å². The number of thiophene rings is 1. The molecule has 0 bridgehead atoms. The molecule has 2 aromatic carbocycles. The Bertz CT molecular complexity index is 1230. The Morgan fingerprint density at radius 2 is 1.73 bits per heavy atom. The number of methoxy groups -OCH3 is 1. The highest BCUT2D eigenvalue weighted by Gasteiger charge is 2.35. The molecule has 3 aromatic rings. The van der Waals surface area contributed by atoms with E-state index in [1.54, 1.807) is 48.9 Å². The number of amides is 3. The maximum absolute atomic E-state index is 13.9. The van der Waals surface area contributed by atoms with Gasteiger partial charge in [0.05, 0.1) is 18.5 Å². The van der Waals surface area contributed by atoms with Crippen molar-refractivity contribution in [2.45, 2.75) is 52.6 Å². The summed E-state index contributed by atoms with van der Waals surface area (Å²) in [6.45, 7) is 9.50. The molecule has 0 fully saturated rings. The summed E-state index contributed by atoms with van der Waals surface area (Å²) >= 11 is 1.30. The molecule has 0 aliphatic heterocycles. The smallest absolute Gasteiger partial charge is 0.261 e. The number of carbonyl (C=O) groups is 3. The topological polar surface area (TPSA) is 87.7 Å². The second kappa shape index (κ2) is 12.1. The molecule has 0 unspecified atom stereocenters. The predicted molar refractivity (Wildman–Crippen MR) is 148 cm³/mol. The maximum atomic E-state index is 13.9. The minimum absolute atomic E-state index is 0.269. The van der Waals surface area contributed by atoms with Crippen LogP contribution in [0.25, 0.3) is 0 Å². The number of anilines is 1. The minimum Gasteiger partial charge on any atom is -0.497 e. The summed E-state index contributed by atoms with van der Waals surface area (Å²) in [5.41, 5.74) is 2.59. The number of nitrogens with zero attached hydrogens (tertiary/aromatic N) is 1. The van der Waals surface area contributed by atoms with Crippen molar-refractivity contribution in [1.82, 2.24) is 10.6 Å². The molecule has 37 heavy (non-hydrogen) atoms. The summed E-state index contributed by atoms with van der Waals surface area (Å²) in [5.74, 6) is -0.494. The molecule has 8 heteroatoms. The summed E-state index contributed by atoms with van der Waals surface area (Å²) in [7, 11) is 1.56. The second-order valence-corrected chi connectivity index (χ2v) is 10.6. The molecule has 0 aliphatic carbocycles. The standard InChI is InChI=1S/C29H35N3O4S/c1-7-29(4,5)31-28(35)26(21-10-8-11-23(17-21)36-6)32(22-15-19(2)14-20(3)16-22)25(33)18-30-27(34)24-12-9-13-37-24/h8-17,26H,7,18H2,1-6H3,(H,30,34)(H,31,35)/t26-/m1/s1. The SMILES string of the molecule is CCC(C)(C)NC(=O)[C@@H](c1cccc(OC)c1)N(C(=O)CNC(=O)c1cccs1)c1cc(C)cc(C)c1. The molecule has 7 nitrogen and oxygen atoms in total. The van der Waals surface area contributed by atoms with E-state index in [-0.39, 0.29) is 18.4 Å². The van der Waals surface area contributed by atoms with Crippen LogP contribution in [0.3, 0.4) is 0 Å².